The number of aromatic nitrogens is 1. The Bertz CT molecular complexity index is 583. The molecule has 0 aliphatic carbocycles. The molecule has 1 heterocycles. The van der Waals surface area contributed by atoms with Gasteiger partial charge >= 0.3 is 0 Å². The molecule has 90 valence electrons. The van der Waals surface area contributed by atoms with Crippen molar-refractivity contribution in [2.75, 3.05) is 5.73 Å². The Balaban J connectivity index is 2.99. The lowest BCUT2D eigenvalue weighted by molar-refractivity contribution is 0.0809. The van der Waals surface area contributed by atoms with Crippen molar-refractivity contribution in [2.24, 2.45) is 0 Å². The fourth-order valence-corrected chi connectivity index (χ4v) is 2.26. The van der Waals surface area contributed by atoms with Crippen molar-refractivity contribution in [2.45, 2.75) is 26.4 Å². The zero-order chi connectivity index (χ0) is 12.8. The number of aryl methyl sites for hydroxylation is 1. The number of hydrogen-bond acceptors (Lipinski definition) is 3. The molecule has 0 fully saturated rings. The maximum Gasteiger partial charge on any atom is 0.0867 e. The number of halogens is 1. The van der Waals surface area contributed by atoms with E-state index >= 15 is 0 Å². The molecule has 0 aliphatic heterocycles. The van der Waals surface area contributed by atoms with E-state index in [1.807, 2.05) is 13.0 Å². The van der Waals surface area contributed by atoms with Crippen molar-refractivity contribution in [1.29, 1.82) is 0 Å². The number of anilines is 1. The average molecular weight is 251 g/mol. The van der Waals surface area contributed by atoms with Crippen molar-refractivity contribution < 1.29 is 5.11 Å². The Morgan fingerprint density at radius 3 is 2.59 bits per heavy atom. The van der Waals surface area contributed by atoms with Crippen molar-refractivity contribution in [3.63, 3.8) is 0 Å². The van der Waals surface area contributed by atoms with E-state index in [1.54, 1.807) is 26.1 Å². The second-order valence-electron chi connectivity index (χ2n) is 4.71. The van der Waals surface area contributed by atoms with Gasteiger partial charge in [-0.05, 0) is 38.5 Å². The van der Waals surface area contributed by atoms with Crippen LogP contribution in [0.15, 0.2) is 18.3 Å². The number of benzene rings is 1. The molecule has 0 saturated carbocycles. The molecule has 3 nitrogen and oxygen atoms in total. The zero-order valence-electron chi connectivity index (χ0n) is 10.1. The van der Waals surface area contributed by atoms with Crippen LogP contribution in [-0.2, 0) is 5.60 Å². The van der Waals surface area contributed by atoms with Crippen LogP contribution >= 0.6 is 11.6 Å². The lowest BCUT2D eigenvalue weighted by Gasteiger charge is -2.23. The zero-order valence-corrected chi connectivity index (χ0v) is 10.8. The molecule has 3 N–H and O–H groups in total. The molecule has 0 atom stereocenters. The van der Waals surface area contributed by atoms with Crippen LogP contribution in [-0.4, -0.2) is 10.1 Å². The van der Waals surface area contributed by atoms with Crippen molar-refractivity contribution in [1.82, 2.24) is 4.98 Å². The molecule has 1 aromatic carbocycles. The number of nitrogen functional groups attached to an aromatic ring is 1. The predicted octanol–water partition coefficient (Wildman–Crippen LogP) is 3.01. The largest absolute Gasteiger partial charge is 0.397 e. The quantitative estimate of drug-likeness (QED) is 0.818. The van der Waals surface area contributed by atoms with Gasteiger partial charge < -0.3 is 10.8 Å². The highest BCUT2D eigenvalue weighted by Crippen LogP contribution is 2.36. The second-order valence-corrected chi connectivity index (χ2v) is 5.12. The van der Waals surface area contributed by atoms with E-state index < -0.39 is 5.60 Å². The van der Waals surface area contributed by atoms with Gasteiger partial charge in [-0.15, -0.1) is 0 Å². The third-order valence-corrected chi connectivity index (χ3v) is 3.28. The van der Waals surface area contributed by atoms with Gasteiger partial charge in [-0.2, -0.15) is 0 Å². The number of fused-ring (bicyclic) bond motifs is 1. The van der Waals surface area contributed by atoms with Gasteiger partial charge in [-0.3, -0.25) is 4.98 Å². The standard InChI is InChI=1S/C13H15ClN2O/c1-7-8(14)4-5-10-11(7)12(13(2,3)17)9(15)6-16-10/h4-6,17H,15H2,1-3H3. The fourth-order valence-electron chi connectivity index (χ4n) is 2.10. The van der Waals surface area contributed by atoms with E-state index in [4.69, 9.17) is 17.3 Å². The van der Waals surface area contributed by atoms with Crippen LogP contribution in [0.3, 0.4) is 0 Å². The summed E-state index contributed by atoms with van der Waals surface area (Å²) in [6.07, 6.45) is 1.57. The van der Waals surface area contributed by atoms with Gasteiger partial charge in [0.05, 0.1) is 23.0 Å². The van der Waals surface area contributed by atoms with Gasteiger partial charge in [0.2, 0.25) is 0 Å². The maximum atomic E-state index is 10.2. The first-order valence-electron chi connectivity index (χ1n) is 5.38. The minimum Gasteiger partial charge on any atom is -0.397 e. The molecular weight excluding hydrogens is 236 g/mol. The molecule has 0 spiro atoms. The first-order valence-corrected chi connectivity index (χ1v) is 5.76. The fraction of sp³-hybridized carbons (Fsp3) is 0.308. The smallest absolute Gasteiger partial charge is 0.0867 e. The minimum absolute atomic E-state index is 0.482. The summed E-state index contributed by atoms with van der Waals surface area (Å²) in [4.78, 5) is 4.26. The monoisotopic (exact) mass is 250 g/mol. The van der Waals surface area contributed by atoms with Crippen LogP contribution in [0, 0.1) is 6.92 Å². The SMILES string of the molecule is Cc1c(Cl)ccc2ncc(N)c(C(C)(C)O)c12. The topological polar surface area (TPSA) is 59.1 Å². The van der Waals surface area contributed by atoms with Crippen molar-refractivity contribution in [3.8, 4) is 0 Å². The molecule has 0 amide bonds. The molecule has 2 aromatic rings. The number of rotatable bonds is 1. The van der Waals surface area contributed by atoms with Gasteiger partial charge in [-0.1, -0.05) is 11.6 Å². The van der Waals surface area contributed by atoms with Crippen LogP contribution < -0.4 is 5.73 Å². The molecule has 1 aromatic heterocycles. The molecular formula is C13H15ClN2O. The summed E-state index contributed by atoms with van der Waals surface area (Å²) in [6.45, 7) is 5.32. The molecule has 0 bridgehead atoms. The van der Waals surface area contributed by atoms with Crippen LogP contribution in [0.25, 0.3) is 10.9 Å². The van der Waals surface area contributed by atoms with Gasteiger partial charge in [0.15, 0.2) is 0 Å². The maximum absolute atomic E-state index is 10.2. The Hall–Kier alpha value is -1.32. The first-order chi connectivity index (χ1) is 7.82. The molecule has 4 heteroatoms. The number of nitrogens with zero attached hydrogens (tertiary/aromatic N) is 1. The number of hydrogen-bond donors (Lipinski definition) is 2. The van der Waals surface area contributed by atoms with E-state index in [9.17, 15) is 5.11 Å². The van der Waals surface area contributed by atoms with E-state index in [0.29, 0.717) is 16.3 Å². The van der Waals surface area contributed by atoms with Gasteiger partial charge in [0.25, 0.3) is 0 Å². The predicted molar refractivity (Wildman–Crippen MR) is 71.1 cm³/mol. The molecule has 0 radical (unpaired) electrons. The summed E-state index contributed by atoms with van der Waals surface area (Å²) in [5.74, 6) is 0. The average Bonchev–Trinajstić information content (AvgIpc) is 2.22. The highest BCUT2D eigenvalue weighted by Gasteiger charge is 2.24. The van der Waals surface area contributed by atoms with Gasteiger partial charge in [0, 0.05) is 16.0 Å². The summed E-state index contributed by atoms with van der Waals surface area (Å²) in [5, 5.41) is 11.7. The lowest BCUT2D eigenvalue weighted by Crippen LogP contribution is -2.19. The van der Waals surface area contributed by atoms with E-state index in [1.165, 1.54) is 0 Å². The van der Waals surface area contributed by atoms with E-state index in [2.05, 4.69) is 4.98 Å². The Morgan fingerprint density at radius 2 is 2.00 bits per heavy atom. The third kappa shape index (κ3) is 1.96. The van der Waals surface area contributed by atoms with Crippen LogP contribution in [0.2, 0.25) is 5.02 Å². The van der Waals surface area contributed by atoms with Gasteiger partial charge in [0.1, 0.15) is 0 Å². The van der Waals surface area contributed by atoms with Crippen LogP contribution in [0.1, 0.15) is 25.0 Å². The molecule has 0 saturated heterocycles. The second kappa shape index (κ2) is 3.86. The Labute approximate surface area is 105 Å². The summed E-state index contributed by atoms with van der Waals surface area (Å²) in [5.41, 5.74) is 7.74. The highest BCUT2D eigenvalue weighted by molar-refractivity contribution is 6.32. The third-order valence-electron chi connectivity index (χ3n) is 2.87. The van der Waals surface area contributed by atoms with Gasteiger partial charge in [-0.25, -0.2) is 0 Å². The number of aliphatic hydroxyl groups is 1. The number of pyridine rings is 1. The highest BCUT2D eigenvalue weighted by atomic mass is 35.5. The summed E-state index contributed by atoms with van der Waals surface area (Å²) >= 11 is 6.11. The molecule has 0 aliphatic rings. The number of nitrogens with two attached hydrogens (primary N) is 1. The van der Waals surface area contributed by atoms with Crippen LogP contribution in [0.4, 0.5) is 5.69 Å². The van der Waals surface area contributed by atoms with Crippen molar-refractivity contribution >= 4 is 28.2 Å². The molecule has 17 heavy (non-hydrogen) atoms. The summed E-state index contributed by atoms with van der Waals surface area (Å²) in [7, 11) is 0. The molecule has 2 rings (SSSR count). The minimum atomic E-state index is -1.03. The van der Waals surface area contributed by atoms with Crippen molar-refractivity contribution in [3.05, 3.63) is 34.5 Å². The van der Waals surface area contributed by atoms with E-state index in [-0.39, 0.29) is 0 Å². The van der Waals surface area contributed by atoms with Crippen LogP contribution in [0.5, 0.6) is 0 Å². The summed E-state index contributed by atoms with van der Waals surface area (Å²) < 4.78 is 0. The lowest BCUT2D eigenvalue weighted by atomic mass is 9.91. The van der Waals surface area contributed by atoms with E-state index in [0.717, 1.165) is 16.5 Å². The Morgan fingerprint density at radius 1 is 1.35 bits per heavy atom. The Kier molecular flexibility index (Phi) is 2.76. The first kappa shape index (κ1) is 12.1. The summed E-state index contributed by atoms with van der Waals surface area (Å²) in [6, 6.07) is 3.63. The normalized spacial score (nSPS) is 12.1. The molecule has 0 unspecified atom stereocenters.